The summed E-state index contributed by atoms with van der Waals surface area (Å²) in [5.74, 6) is 0.490. The van der Waals surface area contributed by atoms with Crippen LogP contribution in [0.25, 0.3) is 0 Å². The lowest BCUT2D eigenvalue weighted by atomic mass is 10.1. The van der Waals surface area contributed by atoms with Gasteiger partial charge in [-0.25, -0.2) is 0 Å². The van der Waals surface area contributed by atoms with E-state index in [4.69, 9.17) is 5.11 Å². The van der Waals surface area contributed by atoms with Crippen LogP contribution < -0.4 is 5.32 Å². The molecule has 1 aliphatic rings. The highest BCUT2D eigenvalue weighted by molar-refractivity contribution is 5.99. The van der Waals surface area contributed by atoms with E-state index in [0.717, 1.165) is 44.6 Å². The number of hydrogen-bond acceptors (Lipinski definition) is 4. The maximum absolute atomic E-state index is 12.6. The number of anilines is 1. The number of nitrogens with zero attached hydrogens (tertiary/aromatic N) is 2. The number of aliphatic hydroxyl groups is 1. The predicted molar refractivity (Wildman–Crippen MR) is 78.7 cm³/mol. The molecule has 1 atom stereocenters. The molecule has 5 heteroatoms. The average molecular weight is 277 g/mol. The van der Waals surface area contributed by atoms with Gasteiger partial charge >= 0.3 is 0 Å². The quantitative estimate of drug-likeness (QED) is 0.831. The molecule has 20 heavy (non-hydrogen) atoms. The van der Waals surface area contributed by atoms with E-state index < -0.39 is 0 Å². The van der Waals surface area contributed by atoms with E-state index in [1.807, 2.05) is 4.90 Å². The largest absolute Gasteiger partial charge is 0.396 e. The van der Waals surface area contributed by atoms with Gasteiger partial charge in [-0.15, -0.1) is 0 Å². The van der Waals surface area contributed by atoms with E-state index in [1.165, 1.54) is 0 Å². The Morgan fingerprint density at radius 2 is 2.45 bits per heavy atom. The van der Waals surface area contributed by atoms with Crippen LogP contribution in [-0.2, 0) is 0 Å². The fourth-order valence-electron chi connectivity index (χ4n) is 2.59. The smallest absolute Gasteiger partial charge is 0.256 e. The van der Waals surface area contributed by atoms with E-state index in [2.05, 4.69) is 17.2 Å². The van der Waals surface area contributed by atoms with Crippen molar-refractivity contribution < 1.29 is 9.90 Å². The molecule has 0 saturated carbocycles. The molecule has 1 amide bonds. The first-order valence-corrected chi connectivity index (χ1v) is 7.34. The highest BCUT2D eigenvalue weighted by atomic mass is 16.3. The fraction of sp³-hybridized carbons (Fsp3) is 0.600. The topological polar surface area (TPSA) is 65.5 Å². The van der Waals surface area contributed by atoms with E-state index in [9.17, 15) is 4.79 Å². The van der Waals surface area contributed by atoms with Crippen molar-refractivity contribution in [2.45, 2.75) is 26.2 Å². The Hall–Kier alpha value is -1.62. The summed E-state index contributed by atoms with van der Waals surface area (Å²) in [6.07, 6.45) is 6.14. The van der Waals surface area contributed by atoms with Crippen LogP contribution in [0.15, 0.2) is 18.5 Å². The molecule has 0 bridgehead atoms. The monoisotopic (exact) mass is 277 g/mol. The highest BCUT2D eigenvalue weighted by Gasteiger charge is 2.27. The molecule has 0 spiro atoms. The summed E-state index contributed by atoms with van der Waals surface area (Å²) in [5.41, 5.74) is 1.50. The van der Waals surface area contributed by atoms with Crippen molar-refractivity contribution in [1.29, 1.82) is 0 Å². The predicted octanol–water partition coefficient (Wildman–Crippen LogP) is 1.75. The van der Waals surface area contributed by atoms with Gasteiger partial charge in [0.25, 0.3) is 5.91 Å². The summed E-state index contributed by atoms with van der Waals surface area (Å²) >= 11 is 0. The number of carbonyl (C=O) groups is 1. The number of carbonyl (C=O) groups excluding carboxylic acids is 1. The zero-order valence-corrected chi connectivity index (χ0v) is 12.0. The Bertz CT molecular complexity index is 450. The second-order valence-corrected chi connectivity index (χ2v) is 5.27. The van der Waals surface area contributed by atoms with Gasteiger partial charge in [-0.05, 0) is 31.2 Å². The molecule has 1 aliphatic heterocycles. The minimum absolute atomic E-state index is 0.0615. The number of rotatable bonds is 6. The molecule has 1 saturated heterocycles. The van der Waals surface area contributed by atoms with Crippen LogP contribution in [0, 0.1) is 5.92 Å². The SMILES string of the molecule is CCCNc1cnccc1C(=O)N1CCC(CCO)C1. The molecule has 110 valence electrons. The molecule has 2 rings (SSSR count). The third kappa shape index (κ3) is 3.48. The van der Waals surface area contributed by atoms with Gasteiger partial charge in [0.05, 0.1) is 17.4 Å². The first-order chi connectivity index (χ1) is 9.76. The minimum Gasteiger partial charge on any atom is -0.396 e. The lowest BCUT2D eigenvalue weighted by molar-refractivity contribution is 0.0785. The molecule has 1 fully saturated rings. The van der Waals surface area contributed by atoms with Crippen molar-refractivity contribution >= 4 is 11.6 Å². The molecule has 1 aromatic heterocycles. The average Bonchev–Trinajstić information content (AvgIpc) is 2.94. The third-order valence-corrected chi connectivity index (χ3v) is 3.73. The van der Waals surface area contributed by atoms with Crippen molar-refractivity contribution in [3.8, 4) is 0 Å². The summed E-state index contributed by atoms with van der Waals surface area (Å²) < 4.78 is 0. The number of aliphatic hydroxyl groups excluding tert-OH is 1. The number of amides is 1. The standard InChI is InChI=1S/C15H23N3O2/c1-2-6-17-14-10-16-7-3-13(14)15(20)18-8-4-12(11-18)5-9-19/h3,7,10,12,17,19H,2,4-6,8-9,11H2,1H3. The maximum Gasteiger partial charge on any atom is 0.256 e. The van der Waals surface area contributed by atoms with Crippen LogP contribution in [0.5, 0.6) is 0 Å². The van der Waals surface area contributed by atoms with E-state index in [0.29, 0.717) is 11.5 Å². The number of pyridine rings is 1. The lowest BCUT2D eigenvalue weighted by Crippen LogP contribution is -2.29. The Labute approximate surface area is 120 Å². The molecule has 0 aromatic carbocycles. The molecule has 0 radical (unpaired) electrons. The number of hydrogen-bond donors (Lipinski definition) is 2. The summed E-state index contributed by atoms with van der Waals surface area (Å²) in [6, 6.07) is 1.78. The maximum atomic E-state index is 12.6. The fourth-order valence-corrected chi connectivity index (χ4v) is 2.59. The van der Waals surface area contributed by atoms with Crippen LogP contribution in [-0.4, -0.2) is 47.1 Å². The lowest BCUT2D eigenvalue weighted by Gasteiger charge is -2.18. The van der Waals surface area contributed by atoms with Crippen LogP contribution in [0.2, 0.25) is 0 Å². The summed E-state index contributed by atoms with van der Waals surface area (Å²) in [4.78, 5) is 18.5. The normalized spacial score (nSPS) is 18.3. The van der Waals surface area contributed by atoms with Gasteiger partial charge in [-0.1, -0.05) is 6.92 Å². The second-order valence-electron chi connectivity index (χ2n) is 5.27. The summed E-state index contributed by atoms with van der Waals surface area (Å²) in [7, 11) is 0. The van der Waals surface area contributed by atoms with Gasteiger partial charge in [0, 0.05) is 32.4 Å². The van der Waals surface area contributed by atoms with Gasteiger partial charge in [0.2, 0.25) is 0 Å². The van der Waals surface area contributed by atoms with E-state index in [-0.39, 0.29) is 12.5 Å². The van der Waals surface area contributed by atoms with Gasteiger partial charge in [0.1, 0.15) is 0 Å². The Kier molecular flexibility index (Phi) is 5.35. The Morgan fingerprint density at radius 3 is 3.20 bits per heavy atom. The van der Waals surface area contributed by atoms with Gasteiger partial charge in [0.15, 0.2) is 0 Å². The number of likely N-dealkylation sites (tertiary alicyclic amines) is 1. The van der Waals surface area contributed by atoms with Crippen LogP contribution in [0.3, 0.4) is 0 Å². The number of aromatic nitrogens is 1. The molecular formula is C15H23N3O2. The third-order valence-electron chi connectivity index (χ3n) is 3.73. The van der Waals surface area contributed by atoms with Crippen LogP contribution in [0.1, 0.15) is 36.5 Å². The number of nitrogens with one attached hydrogen (secondary N) is 1. The molecule has 5 nitrogen and oxygen atoms in total. The van der Waals surface area contributed by atoms with Crippen LogP contribution >= 0.6 is 0 Å². The van der Waals surface area contributed by atoms with E-state index >= 15 is 0 Å². The van der Waals surface area contributed by atoms with Gasteiger partial charge in [-0.3, -0.25) is 9.78 Å². The van der Waals surface area contributed by atoms with Crippen molar-refractivity contribution in [2.75, 3.05) is 31.6 Å². The van der Waals surface area contributed by atoms with Gasteiger partial charge < -0.3 is 15.3 Å². The molecule has 0 aliphatic carbocycles. The first-order valence-electron chi connectivity index (χ1n) is 7.34. The molecule has 1 aromatic rings. The zero-order valence-electron chi connectivity index (χ0n) is 12.0. The highest BCUT2D eigenvalue weighted by Crippen LogP contribution is 2.23. The Balaban J connectivity index is 2.05. The van der Waals surface area contributed by atoms with Crippen molar-refractivity contribution in [3.63, 3.8) is 0 Å². The summed E-state index contributed by atoms with van der Waals surface area (Å²) in [6.45, 7) is 4.64. The van der Waals surface area contributed by atoms with E-state index in [1.54, 1.807) is 18.5 Å². The molecular weight excluding hydrogens is 254 g/mol. The molecule has 2 N–H and O–H groups in total. The van der Waals surface area contributed by atoms with Gasteiger partial charge in [-0.2, -0.15) is 0 Å². The molecule has 1 unspecified atom stereocenters. The first kappa shape index (κ1) is 14.8. The van der Waals surface area contributed by atoms with Crippen LogP contribution in [0.4, 0.5) is 5.69 Å². The zero-order chi connectivity index (χ0) is 14.4. The van der Waals surface area contributed by atoms with Crippen molar-refractivity contribution in [3.05, 3.63) is 24.0 Å². The molecule has 2 heterocycles. The second kappa shape index (κ2) is 7.24. The Morgan fingerprint density at radius 1 is 1.60 bits per heavy atom. The van der Waals surface area contributed by atoms with Crippen molar-refractivity contribution in [1.82, 2.24) is 9.88 Å². The van der Waals surface area contributed by atoms with Crippen molar-refractivity contribution in [2.24, 2.45) is 5.92 Å². The summed E-state index contributed by atoms with van der Waals surface area (Å²) in [5, 5.41) is 12.2. The minimum atomic E-state index is 0.0615.